The summed E-state index contributed by atoms with van der Waals surface area (Å²) in [5, 5.41) is 9.16. The highest BCUT2D eigenvalue weighted by Gasteiger charge is 2.16. The molecule has 0 unspecified atom stereocenters. The van der Waals surface area contributed by atoms with Crippen LogP contribution in [0.15, 0.2) is 30.3 Å². The summed E-state index contributed by atoms with van der Waals surface area (Å²) in [6.45, 7) is 3.81. The molecule has 2 aromatic carbocycles. The minimum absolute atomic E-state index is 0.0736. The van der Waals surface area contributed by atoms with Gasteiger partial charge in [0.05, 0.1) is 37.0 Å². The number of methoxy groups -OCH3 is 1. The van der Waals surface area contributed by atoms with Crippen LogP contribution in [0.2, 0.25) is 5.02 Å². The predicted molar refractivity (Wildman–Crippen MR) is 111 cm³/mol. The Morgan fingerprint density at radius 3 is 2.50 bits per heavy atom. The number of nitriles is 1. The number of carbonyl (C=O) groups is 2. The van der Waals surface area contributed by atoms with Crippen LogP contribution >= 0.6 is 11.6 Å². The van der Waals surface area contributed by atoms with Gasteiger partial charge in [-0.3, -0.25) is 9.59 Å². The first-order valence-electron chi connectivity index (χ1n) is 9.28. The van der Waals surface area contributed by atoms with Crippen molar-refractivity contribution in [1.82, 2.24) is 0 Å². The minimum atomic E-state index is -0.509. The molecule has 0 N–H and O–H groups in total. The molecule has 0 saturated carbocycles. The van der Waals surface area contributed by atoms with E-state index in [1.54, 1.807) is 25.1 Å². The van der Waals surface area contributed by atoms with Crippen LogP contribution in [0.1, 0.15) is 42.6 Å². The quantitative estimate of drug-likeness (QED) is 0.235. The molecule has 0 aliphatic rings. The zero-order valence-electron chi connectivity index (χ0n) is 17.0. The molecule has 0 spiro atoms. The molecule has 2 aromatic rings. The van der Waals surface area contributed by atoms with E-state index in [0.717, 1.165) is 0 Å². The summed E-state index contributed by atoms with van der Waals surface area (Å²) in [6.07, 6.45) is 0.462. The van der Waals surface area contributed by atoms with Gasteiger partial charge in [0.2, 0.25) is 0 Å². The highest BCUT2D eigenvalue weighted by atomic mass is 35.5. The van der Waals surface area contributed by atoms with E-state index in [-0.39, 0.29) is 35.3 Å². The number of carbonyl (C=O) groups excluding carboxylic acids is 2. The molecular weight excluding hydrogens is 410 g/mol. The maximum absolute atomic E-state index is 12.2. The number of Topliss-reactive ketones (excluding diaryl/α,β-unsaturated/α-hetero) is 1. The van der Waals surface area contributed by atoms with Gasteiger partial charge in [0, 0.05) is 18.1 Å². The Morgan fingerprint density at radius 2 is 1.87 bits per heavy atom. The Hall–Kier alpha value is -3.24. The molecule has 0 aliphatic heterocycles. The molecule has 0 radical (unpaired) electrons. The second kappa shape index (κ2) is 11.1. The van der Waals surface area contributed by atoms with Crippen molar-refractivity contribution in [3.8, 4) is 29.1 Å². The SMILES string of the molecule is CCOc1cc(C#N)cc(Cl)c1OC(=O)CCCOc1ccc(C(C)=O)cc1OC. The third-order valence-electron chi connectivity index (χ3n) is 4.01. The first kappa shape index (κ1) is 23.0. The van der Waals surface area contributed by atoms with E-state index in [1.165, 1.54) is 26.2 Å². The summed E-state index contributed by atoms with van der Waals surface area (Å²) in [7, 11) is 1.49. The molecule has 8 heteroatoms. The van der Waals surface area contributed by atoms with E-state index < -0.39 is 5.97 Å². The van der Waals surface area contributed by atoms with Crippen molar-refractivity contribution in [3.05, 3.63) is 46.5 Å². The van der Waals surface area contributed by atoms with Gasteiger partial charge in [-0.25, -0.2) is 0 Å². The summed E-state index contributed by atoms with van der Waals surface area (Å²) in [4.78, 5) is 23.7. The molecule has 0 aliphatic carbocycles. The Labute approximate surface area is 180 Å². The van der Waals surface area contributed by atoms with Crippen molar-refractivity contribution in [2.45, 2.75) is 26.7 Å². The van der Waals surface area contributed by atoms with Crippen LogP contribution in [0.3, 0.4) is 0 Å². The number of nitrogens with zero attached hydrogens (tertiary/aromatic N) is 1. The maximum Gasteiger partial charge on any atom is 0.311 e. The number of ether oxygens (including phenoxy) is 4. The van der Waals surface area contributed by atoms with Gasteiger partial charge < -0.3 is 18.9 Å². The molecule has 0 amide bonds. The van der Waals surface area contributed by atoms with Crippen molar-refractivity contribution >= 4 is 23.4 Å². The second-order valence-electron chi connectivity index (χ2n) is 6.18. The first-order valence-corrected chi connectivity index (χ1v) is 9.66. The molecular formula is C22H22ClNO6. The Balaban J connectivity index is 1.93. The lowest BCUT2D eigenvalue weighted by Crippen LogP contribution is -2.11. The van der Waals surface area contributed by atoms with E-state index in [9.17, 15) is 9.59 Å². The van der Waals surface area contributed by atoms with Gasteiger partial charge in [0.1, 0.15) is 0 Å². The van der Waals surface area contributed by atoms with Gasteiger partial charge in [0.15, 0.2) is 28.8 Å². The molecule has 0 aromatic heterocycles. The van der Waals surface area contributed by atoms with Gasteiger partial charge in [0.25, 0.3) is 0 Å². The predicted octanol–water partition coefficient (Wildman–Crippen LogP) is 4.59. The largest absolute Gasteiger partial charge is 0.493 e. The lowest BCUT2D eigenvalue weighted by atomic mass is 10.1. The lowest BCUT2D eigenvalue weighted by Gasteiger charge is -2.13. The fourth-order valence-corrected chi connectivity index (χ4v) is 2.81. The Kier molecular flexibility index (Phi) is 8.51. The molecule has 0 fully saturated rings. The van der Waals surface area contributed by atoms with Crippen LogP contribution in [0, 0.1) is 11.3 Å². The molecule has 0 saturated heterocycles. The zero-order valence-corrected chi connectivity index (χ0v) is 17.7. The van der Waals surface area contributed by atoms with E-state index in [0.29, 0.717) is 35.7 Å². The lowest BCUT2D eigenvalue weighted by molar-refractivity contribution is -0.134. The van der Waals surface area contributed by atoms with Crippen molar-refractivity contribution in [3.63, 3.8) is 0 Å². The summed E-state index contributed by atoms with van der Waals surface area (Å²) in [6, 6.07) is 9.76. The summed E-state index contributed by atoms with van der Waals surface area (Å²) in [5.74, 6) is 0.660. The van der Waals surface area contributed by atoms with Crippen LogP contribution in [-0.4, -0.2) is 32.1 Å². The molecule has 7 nitrogen and oxygen atoms in total. The average Bonchev–Trinajstić information content (AvgIpc) is 2.73. The van der Waals surface area contributed by atoms with Crippen LogP contribution in [-0.2, 0) is 4.79 Å². The van der Waals surface area contributed by atoms with Crippen molar-refractivity contribution in [1.29, 1.82) is 5.26 Å². The van der Waals surface area contributed by atoms with Gasteiger partial charge in [-0.2, -0.15) is 5.26 Å². The molecule has 2 rings (SSSR count). The van der Waals surface area contributed by atoms with Gasteiger partial charge in [-0.1, -0.05) is 11.6 Å². The van der Waals surface area contributed by atoms with E-state index in [2.05, 4.69) is 0 Å². The molecule has 30 heavy (non-hydrogen) atoms. The van der Waals surface area contributed by atoms with Crippen LogP contribution in [0.25, 0.3) is 0 Å². The maximum atomic E-state index is 12.2. The molecule has 0 atom stereocenters. The number of hydrogen-bond acceptors (Lipinski definition) is 7. The van der Waals surface area contributed by atoms with E-state index in [1.807, 2.05) is 6.07 Å². The third-order valence-corrected chi connectivity index (χ3v) is 4.29. The van der Waals surface area contributed by atoms with Gasteiger partial charge in [-0.15, -0.1) is 0 Å². The summed E-state index contributed by atoms with van der Waals surface area (Å²) < 4.78 is 21.7. The molecule has 0 bridgehead atoms. The Morgan fingerprint density at radius 1 is 1.10 bits per heavy atom. The monoisotopic (exact) mass is 431 g/mol. The number of rotatable bonds is 10. The minimum Gasteiger partial charge on any atom is -0.493 e. The van der Waals surface area contributed by atoms with Gasteiger partial charge >= 0.3 is 5.97 Å². The zero-order chi connectivity index (χ0) is 22.1. The van der Waals surface area contributed by atoms with Crippen LogP contribution in [0.4, 0.5) is 0 Å². The number of ketones is 1. The number of hydrogen-bond donors (Lipinski definition) is 0. The first-order chi connectivity index (χ1) is 14.4. The topological polar surface area (TPSA) is 94.9 Å². The smallest absolute Gasteiger partial charge is 0.311 e. The van der Waals surface area contributed by atoms with Crippen molar-refractivity contribution < 1.29 is 28.5 Å². The van der Waals surface area contributed by atoms with Crippen molar-refractivity contribution in [2.75, 3.05) is 20.3 Å². The average molecular weight is 432 g/mol. The molecule has 0 heterocycles. The number of benzene rings is 2. The van der Waals surface area contributed by atoms with Gasteiger partial charge in [-0.05, 0) is 44.5 Å². The second-order valence-corrected chi connectivity index (χ2v) is 6.59. The Bertz CT molecular complexity index is 967. The summed E-state index contributed by atoms with van der Waals surface area (Å²) in [5.41, 5.74) is 0.827. The van der Waals surface area contributed by atoms with Crippen LogP contribution < -0.4 is 18.9 Å². The molecule has 158 valence electrons. The standard InChI is InChI=1S/C22H22ClNO6/c1-4-28-20-11-15(13-24)10-17(23)22(20)30-21(26)6-5-9-29-18-8-7-16(14(2)25)12-19(18)27-3/h7-8,10-12H,4-6,9H2,1-3H3. The number of halogens is 1. The fraction of sp³-hybridized carbons (Fsp3) is 0.318. The number of esters is 1. The van der Waals surface area contributed by atoms with Crippen molar-refractivity contribution in [2.24, 2.45) is 0 Å². The van der Waals surface area contributed by atoms with E-state index in [4.69, 9.17) is 35.8 Å². The van der Waals surface area contributed by atoms with Crippen LogP contribution in [0.5, 0.6) is 23.0 Å². The third kappa shape index (κ3) is 6.13. The highest BCUT2D eigenvalue weighted by Crippen LogP contribution is 2.37. The normalized spacial score (nSPS) is 10.1. The summed E-state index contributed by atoms with van der Waals surface area (Å²) >= 11 is 6.13. The van der Waals surface area contributed by atoms with E-state index >= 15 is 0 Å². The fourth-order valence-electron chi connectivity index (χ4n) is 2.56. The highest BCUT2D eigenvalue weighted by molar-refractivity contribution is 6.32.